The first-order valence-electron chi connectivity index (χ1n) is 4.91. The number of carbonyl (C=O) groups is 2. The fourth-order valence-electron chi connectivity index (χ4n) is 1.19. The largest absolute Gasteiger partial charge is 0.330 e. The molecule has 2 N–H and O–H groups in total. The van der Waals surface area contributed by atoms with Crippen molar-refractivity contribution in [1.29, 1.82) is 0 Å². The van der Waals surface area contributed by atoms with Crippen molar-refractivity contribution in [1.82, 2.24) is 4.90 Å². The number of imide groups is 1. The molecule has 1 aromatic heterocycles. The monoisotopic (exact) mass is 291 g/mol. The molecule has 1 rings (SSSR count). The van der Waals surface area contributed by atoms with Crippen LogP contribution in [0.3, 0.4) is 0 Å². The maximum atomic E-state index is 11.9. The van der Waals surface area contributed by atoms with Crippen LogP contribution in [0.25, 0.3) is 0 Å². The molecule has 0 saturated heterocycles. The summed E-state index contributed by atoms with van der Waals surface area (Å²) in [5.74, 6) is -0.613. The third-order valence-electron chi connectivity index (χ3n) is 2.07. The lowest BCUT2D eigenvalue weighted by molar-refractivity contribution is -0.384. The molecular formula is C9H10ClN3O4S. The van der Waals surface area contributed by atoms with Crippen LogP contribution in [0.15, 0.2) is 6.07 Å². The summed E-state index contributed by atoms with van der Waals surface area (Å²) in [5.41, 5.74) is 4.94. The minimum Gasteiger partial charge on any atom is -0.330 e. The molecule has 0 fully saturated rings. The second-order valence-corrected chi connectivity index (χ2v) is 4.93. The highest BCUT2D eigenvalue weighted by Gasteiger charge is 2.24. The van der Waals surface area contributed by atoms with Crippen LogP contribution in [0.4, 0.5) is 5.69 Å². The Balaban J connectivity index is 2.91. The van der Waals surface area contributed by atoms with E-state index in [2.05, 4.69) is 0 Å². The Kier molecular flexibility index (Phi) is 5.20. The van der Waals surface area contributed by atoms with E-state index in [0.717, 1.165) is 22.3 Å². The summed E-state index contributed by atoms with van der Waals surface area (Å²) >= 11 is 6.40. The van der Waals surface area contributed by atoms with E-state index in [0.29, 0.717) is 19.4 Å². The molecule has 0 spiro atoms. The van der Waals surface area contributed by atoms with Crippen molar-refractivity contribution < 1.29 is 14.5 Å². The van der Waals surface area contributed by atoms with E-state index in [1.165, 1.54) is 0 Å². The quantitative estimate of drug-likeness (QED) is 0.482. The number of nitrogens with zero attached hydrogens (tertiary/aromatic N) is 2. The van der Waals surface area contributed by atoms with E-state index in [-0.39, 0.29) is 21.4 Å². The standard InChI is InChI=1S/C9H10ClN3O4S/c10-8-6(13(16)17)4-7(18-8)9(15)12(5-14)3-1-2-11/h4-5H,1-3,11H2. The first-order chi connectivity index (χ1) is 8.51. The van der Waals surface area contributed by atoms with Crippen molar-refractivity contribution in [2.75, 3.05) is 13.1 Å². The number of hydrogen-bond donors (Lipinski definition) is 1. The van der Waals surface area contributed by atoms with Gasteiger partial charge in [0.1, 0.15) is 4.88 Å². The lowest BCUT2D eigenvalue weighted by Crippen LogP contribution is -2.31. The van der Waals surface area contributed by atoms with Crippen molar-refractivity contribution in [3.63, 3.8) is 0 Å². The summed E-state index contributed by atoms with van der Waals surface area (Å²) in [6.07, 6.45) is 0.836. The minimum atomic E-state index is -0.680. The highest BCUT2D eigenvalue weighted by molar-refractivity contribution is 7.18. The second-order valence-electron chi connectivity index (χ2n) is 3.27. The fourth-order valence-corrected chi connectivity index (χ4v) is 2.37. The SMILES string of the molecule is NCCCN(C=O)C(=O)c1cc([N+](=O)[O-])c(Cl)s1. The number of nitrogens with two attached hydrogens (primary N) is 1. The predicted molar refractivity (Wildman–Crippen MR) is 66.8 cm³/mol. The topological polar surface area (TPSA) is 107 Å². The Morgan fingerprint density at radius 2 is 2.33 bits per heavy atom. The number of amides is 2. The second kappa shape index (κ2) is 6.43. The molecule has 9 heteroatoms. The summed E-state index contributed by atoms with van der Waals surface area (Å²) < 4.78 is -0.0898. The minimum absolute atomic E-state index is 0.0517. The molecule has 1 heterocycles. The van der Waals surface area contributed by atoms with E-state index >= 15 is 0 Å². The first kappa shape index (κ1) is 14.6. The lowest BCUT2D eigenvalue weighted by atomic mass is 10.3. The van der Waals surface area contributed by atoms with Gasteiger partial charge in [0.2, 0.25) is 6.41 Å². The van der Waals surface area contributed by atoms with Crippen LogP contribution in [0.2, 0.25) is 4.34 Å². The third-order valence-corrected chi connectivity index (χ3v) is 3.39. The molecule has 0 aliphatic heterocycles. The number of carbonyl (C=O) groups excluding carboxylic acids is 2. The van der Waals surface area contributed by atoms with Gasteiger partial charge in [-0.3, -0.25) is 24.6 Å². The van der Waals surface area contributed by atoms with Gasteiger partial charge >= 0.3 is 0 Å². The molecule has 98 valence electrons. The Morgan fingerprint density at radius 3 is 2.78 bits per heavy atom. The number of halogens is 1. The van der Waals surface area contributed by atoms with Crippen molar-refractivity contribution in [3.05, 3.63) is 25.4 Å². The van der Waals surface area contributed by atoms with Crippen molar-refractivity contribution in [2.24, 2.45) is 5.73 Å². The Labute approximate surface area is 111 Å². The van der Waals surface area contributed by atoms with E-state index in [4.69, 9.17) is 17.3 Å². The van der Waals surface area contributed by atoms with Crippen LogP contribution in [-0.2, 0) is 4.79 Å². The van der Waals surface area contributed by atoms with E-state index in [1.54, 1.807) is 0 Å². The van der Waals surface area contributed by atoms with Gasteiger partial charge < -0.3 is 5.73 Å². The van der Waals surface area contributed by atoms with Crippen LogP contribution in [-0.4, -0.2) is 35.2 Å². The average molecular weight is 292 g/mol. The van der Waals surface area contributed by atoms with Crippen LogP contribution in [0.1, 0.15) is 16.1 Å². The predicted octanol–water partition coefficient (Wildman–Crippen LogP) is 1.26. The van der Waals surface area contributed by atoms with Gasteiger partial charge in [0.15, 0.2) is 4.34 Å². The van der Waals surface area contributed by atoms with Crippen molar-refractivity contribution >= 4 is 40.9 Å². The molecule has 0 bridgehead atoms. The van der Waals surface area contributed by atoms with Crippen LogP contribution < -0.4 is 5.73 Å². The molecular weight excluding hydrogens is 282 g/mol. The average Bonchev–Trinajstić information content (AvgIpc) is 2.72. The molecule has 0 atom stereocenters. The number of nitro groups is 1. The zero-order valence-electron chi connectivity index (χ0n) is 9.17. The van der Waals surface area contributed by atoms with Gasteiger partial charge in [-0.1, -0.05) is 11.6 Å². The molecule has 7 nitrogen and oxygen atoms in total. The number of thiophene rings is 1. The Hall–Kier alpha value is -1.51. The zero-order valence-corrected chi connectivity index (χ0v) is 10.7. The highest BCUT2D eigenvalue weighted by atomic mass is 35.5. The maximum absolute atomic E-state index is 11.9. The van der Waals surface area contributed by atoms with Gasteiger partial charge in [-0.05, 0) is 13.0 Å². The maximum Gasteiger partial charge on any atom is 0.299 e. The van der Waals surface area contributed by atoms with Gasteiger partial charge in [0.25, 0.3) is 11.6 Å². The highest BCUT2D eigenvalue weighted by Crippen LogP contribution is 2.34. The van der Waals surface area contributed by atoms with E-state index in [9.17, 15) is 19.7 Å². The van der Waals surface area contributed by atoms with Crippen LogP contribution in [0, 0.1) is 10.1 Å². The zero-order chi connectivity index (χ0) is 13.7. The van der Waals surface area contributed by atoms with Crippen LogP contribution >= 0.6 is 22.9 Å². The molecule has 1 aromatic rings. The van der Waals surface area contributed by atoms with Crippen LogP contribution in [0.5, 0.6) is 0 Å². The number of hydrogen-bond acceptors (Lipinski definition) is 6. The van der Waals surface area contributed by atoms with Gasteiger partial charge in [-0.25, -0.2) is 0 Å². The summed E-state index contributed by atoms with van der Waals surface area (Å²) in [7, 11) is 0. The lowest BCUT2D eigenvalue weighted by Gasteiger charge is -2.13. The molecule has 0 unspecified atom stereocenters. The first-order valence-corrected chi connectivity index (χ1v) is 6.10. The van der Waals surface area contributed by atoms with E-state index < -0.39 is 10.8 Å². The fraction of sp³-hybridized carbons (Fsp3) is 0.333. The van der Waals surface area contributed by atoms with Crippen molar-refractivity contribution in [2.45, 2.75) is 6.42 Å². The molecule has 2 amide bonds. The normalized spacial score (nSPS) is 10.1. The van der Waals surface area contributed by atoms with Gasteiger partial charge in [-0.15, -0.1) is 11.3 Å². The molecule has 0 aliphatic carbocycles. The Morgan fingerprint density at radius 1 is 1.67 bits per heavy atom. The Bertz CT molecular complexity index is 476. The summed E-state index contributed by atoms with van der Waals surface area (Å²) in [6, 6.07) is 1.06. The molecule has 0 saturated carbocycles. The van der Waals surface area contributed by atoms with Gasteiger partial charge in [-0.2, -0.15) is 0 Å². The van der Waals surface area contributed by atoms with E-state index in [1.807, 2.05) is 0 Å². The molecule has 0 aromatic carbocycles. The van der Waals surface area contributed by atoms with Gasteiger partial charge in [0, 0.05) is 12.6 Å². The molecule has 0 radical (unpaired) electrons. The summed E-state index contributed by atoms with van der Waals surface area (Å²) in [6.45, 7) is 0.505. The van der Waals surface area contributed by atoms with Crippen molar-refractivity contribution in [3.8, 4) is 0 Å². The number of rotatable bonds is 6. The molecule has 18 heavy (non-hydrogen) atoms. The summed E-state index contributed by atoms with van der Waals surface area (Å²) in [5, 5.41) is 10.6. The molecule has 0 aliphatic rings. The summed E-state index contributed by atoms with van der Waals surface area (Å²) in [4.78, 5) is 33.5. The van der Waals surface area contributed by atoms with Gasteiger partial charge in [0.05, 0.1) is 4.92 Å². The smallest absolute Gasteiger partial charge is 0.299 e. The third kappa shape index (κ3) is 3.25.